The molecule has 0 spiro atoms. The van der Waals surface area contributed by atoms with E-state index < -0.39 is 0 Å². The van der Waals surface area contributed by atoms with Crippen molar-refractivity contribution in [1.82, 2.24) is 0 Å². The summed E-state index contributed by atoms with van der Waals surface area (Å²) in [5.41, 5.74) is 15.1. The SMILES string of the molecule is CCCc1c(-c2ccc(N(c3ccccc3)c3ccccc3)cc2C)c2cc(C(C)(C)C)cc3c4oc5cc(Nc6ccccc6)ccc5c4c4cc(C(C)(C)C)cc1c4c23.c1ccccc1. The number of hydrogen-bond donors (Lipinski definition) is 1. The second-order valence-electron chi connectivity index (χ2n) is 20.2. The summed E-state index contributed by atoms with van der Waals surface area (Å²) >= 11 is 0. The van der Waals surface area contributed by atoms with E-state index in [-0.39, 0.29) is 10.8 Å². The smallest absolute Gasteiger partial charge is 0.143 e. The molecule has 11 aromatic rings. The van der Waals surface area contributed by atoms with Crippen molar-refractivity contribution >= 4 is 82.7 Å². The van der Waals surface area contributed by atoms with E-state index in [9.17, 15) is 0 Å². The van der Waals surface area contributed by atoms with Crippen molar-refractivity contribution in [2.24, 2.45) is 0 Å². The molecule has 0 aliphatic heterocycles. The number of aryl methyl sites for hydroxylation is 2. The van der Waals surface area contributed by atoms with E-state index in [0.29, 0.717) is 0 Å². The van der Waals surface area contributed by atoms with Crippen molar-refractivity contribution in [3.8, 4) is 11.1 Å². The lowest BCUT2D eigenvalue weighted by molar-refractivity contribution is 0.591. The number of furan rings is 1. The van der Waals surface area contributed by atoms with Crippen LogP contribution < -0.4 is 10.2 Å². The zero-order valence-corrected chi connectivity index (χ0v) is 40.2. The third-order valence-corrected chi connectivity index (χ3v) is 13.4. The summed E-state index contributed by atoms with van der Waals surface area (Å²) in [7, 11) is 0. The van der Waals surface area contributed by atoms with E-state index in [1.54, 1.807) is 0 Å². The fourth-order valence-electron chi connectivity index (χ4n) is 9.99. The monoisotopic (exact) mass is 872 g/mol. The molecule has 11 rings (SSSR count). The predicted molar refractivity (Wildman–Crippen MR) is 290 cm³/mol. The van der Waals surface area contributed by atoms with Gasteiger partial charge in [0.25, 0.3) is 0 Å². The zero-order valence-electron chi connectivity index (χ0n) is 40.2. The molecule has 0 atom stereocenters. The van der Waals surface area contributed by atoms with Crippen LogP contribution in [-0.2, 0) is 17.3 Å². The second-order valence-corrected chi connectivity index (χ2v) is 20.2. The van der Waals surface area contributed by atoms with Crippen molar-refractivity contribution in [3.05, 3.63) is 210 Å². The van der Waals surface area contributed by atoms with Gasteiger partial charge in [-0.05, 0) is 158 Å². The van der Waals surface area contributed by atoms with Gasteiger partial charge in [0.05, 0.1) is 0 Å². The van der Waals surface area contributed by atoms with Gasteiger partial charge in [0, 0.05) is 56.0 Å². The Bertz CT molecular complexity index is 3440. The highest BCUT2D eigenvalue weighted by atomic mass is 16.3. The van der Waals surface area contributed by atoms with Crippen LogP contribution in [0.15, 0.2) is 192 Å². The Morgan fingerprint density at radius 1 is 0.463 bits per heavy atom. The highest BCUT2D eigenvalue weighted by Gasteiger charge is 2.29. The first kappa shape index (κ1) is 43.5. The summed E-state index contributed by atoms with van der Waals surface area (Å²) in [5.74, 6) is 0. The van der Waals surface area contributed by atoms with Gasteiger partial charge in [0.2, 0.25) is 0 Å². The highest BCUT2D eigenvalue weighted by molar-refractivity contribution is 6.39. The van der Waals surface area contributed by atoms with Crippen molar-refractivity contribution in [2.75, 3.05) is 10.2 Å². The molecule has 67 heavy (non-hydrogen) atoms. The summed E-state index contributed by atoms with van der Waals surface area (Å²) < 4.78 is 7.17. The van der Waals surface area contributed by atoms with Crippen molar-refractivity contribution in [3.63, 3.8) is 0 Å². The van der Waals surface area contributed by atoms with Gasteiger partial charge in [-0.1, -0.05) is 158 Å². The van der Waals surface area contributed by atoms with Crippen LogP contribution in [-0.4, -0.2) is 0 Å². The molecular formula is C64H60N2O. The number of nitrogens with zero attached hydrogens (tertiary/aromatic N) is 1. The molecule has 1 aromatic heterocycles. The van der Waals surface area contributed by atoms with Gasteiger partial charge >= 0.3 is 0 Å². The Kier molecular flexibility index (Phi) is 11.3. The maximum absolute atomic E-state index is 7.17. The van der Waals surface area contributed by atoms with E-state index in [4.69, 9.17) is 4.42 Å². The molecule has 0 bridgehead atoms. The van der Waals surface area contributed by atoms with Gasteiger partial charge in [-0.2, -0.15) is 0 Å². The van der Waals surface area contributed by atoms with Crippen LogP contribution in [0.3, 0.4) is 0 Å². The fraction of sp³-hybridized carbons (Fsp3) is 0.188. The van der Waals surface area contributed by atoms with Gasteiger partial charge < -0.3 is 14.6 Å². The molecule has 1 N–H and O–H groups in total. The third kappa shape index (κ3) is 8.18. The predicted octanol–water partition coefficient (Wildman–Crippen LogP) is 18.9. The minimum absolute atomic E-state index is 0.0674. The molecule has 3 nitrogen and oxygen atoms in total. The minimum atomic E-state index is -0.0953. The number of hydrogen-bond acceptors (Lipinski definition) is 3. The maximum Gasteiger partial charge on any atom is 0.143 e. The molecule has 3 heteroatoms. The van der Waals surface area contributed by atoms with Gasteiger partial charge in [-0.3, -0.25) is 0 Å². The first-order chi connectivity index (χ1) is 32.4. The number of fused-ring (bicyclic) bond motifs is 5. The van der Waals surface area contributed by atoms with Crippen LogP contribution in [0.5, 0.6) is 0 Å². The quantitative estimate of drug-likeness (QED) is 0.154. The molecule has 0 saturated carbocycles. The molecule has 0 aliphatic carbocycles. The molecule has 332 valence electrons. The lowest BCUT2D eigenvalue weighted by Crippen LogP contribution is -2.13. The molecule has 0 radical (unpaired) electrons. The number of para-hydroxylation sites is 3. The van der Waals surface area contributed by atoms with Gasteiger partial charge in [0.15, 0.2) is 0 Å². The van der Waals surface area contributed by atoms with Crippen LogP contribution in [0.1, 0.15) is 77.1 Å². The standard InChI is InChI=1S/C58H54N2O.C6H6/c1-9-19-45-47-31-37(57(3,4)5)33-49-53(47)54-48(52(45)44-29-27-43(30-36(44)2)60(41-22-15-11-16-23-41)42-24-17-12-18-25-42)32-38(58(6,7)8)34-50(54)56-55(49)46-28-26-40(35-51(46)61-56)59-39-20-13-10-14-21-39;1-2-4-6-5-3-1/h10-18,20-35,59H,9,19H2,1-8H3;1-6H. The summed E-state index contributed by atoms with van der Waals surface area (Å²) in [6.07, 6.45) is 2.01. The molecule has 0 fully saturated rings. The Labute approximate surface area is 396 Å². The molecule has 10 aromatic carbocycles. The highest BCUT2D eigenvalue weighted by Crippen LogP contribution is 2.52. The normalized spacial score (nSPS) is 12.0. The average Bonchev–Trinajstić information content (AvgIpc) is 3.72. The number of rotatable bonds is 8. The zero-order chi connectivity index (χ0) is 46.5. The number of nitrogens with one attached hydrogen (secondary N) is 1. The summed E-state index contributed by atoms with van der Waals surface area (Å²) in [6.45, 7) is 18.7. The maximum atomic E-state index is 7.17. The summed E-state index contributed by atoms with van der Waals surface area (Å²) in [6, 6.07) is 67.5. The van der Waals surface area contributed by atoms with Crippen LogP contribution >= 0.6 is 0 Å². The van der Waals surface area contributed by atoms with Crippen molar-refractivity contribution < 1.29 is 4.42 Å². The van der Waals surface area contributed by atoms with E-state index in [1.807, 2.05) is 42.5 Å². The lowest BCUT2D eigenvalue weighted by atomic mass is 9.76. The van der Waals surface area contributed by atoms with Crippen LogP contribution in [0.4, 0.5) is 28.4 Å². The molecule has 0 unspecified atom stereocenters. The first-order valence-electron chi connectivity index (χ1n) is 23.9. The molecule has 1 heterocycles. The summed E-state index contributed by atoms with van der Waals surface area (Å²) in [4.78, 5) is 2.36. The number of benzene rings is 10. The van der Waals surface area contributed by atoms with Crippen molar-refractivity contribution in [2.45, 2.75) is 79.1 Å². The molecule has 0 amide bonds. The molecular weight excluding hydrogens is 813 g/mol. The largest absolute Gasteiger partial charge is 0.455 e. The van der Waals surface area contributed by atoms with E-state index >= 15 is 0 Å². The van der Waals surface area contributed by atoms with Crippen LogP contribution in [0.2, 0.25) is 0 Å². The van der Waals surface area contributed by atoms with Gasteiger partial charge in [-0.15, -0.1) is 0 Å². The second kappa shape index (κ2) is 17.5. The third-order valence-electron chi connectivity index (χ3n) is 13.4. The van der Waals surface area contributed by atoms with Crippen molar-refractivity contribution in [1.29, 1.82) is 0 Å². The topological polar surface area (TPSA) is 28.4 Å². The van der Waals surface area contributed by atoms with Crippen LogP contribution in [0, 0.1) is 6.92 Å². The number of anilines is 5. The summed E-state index contributed by atoms with van der Waals surface area (Å²) in [5, 5.41) is 13.7. The minimum Gasteiger partial charge on any atom is -0.455 e. The molecule has 0 saturated heterocycles. The molecule has 0 aliphatic rings. The van der Waals surface area contributed by atoms with E-state index in [0.717, 1.165) is 57.8 Å². The van der Waals surface area contributed by atoms with E-state index in [2.05, 4.69) is 211 Å². The van der Waals surface area contributed by atoms with Gasteiger partial charge in [-0.25, -0.2) is 0 Å². The van der Waals surface area contributed by atoms with Gasteiger partial charge in [0.1, 0.15) is 11.2 Å². The van der Waals surface area contributed by atoms with E-state index in [1.165, 1.54) is 71.1 Å². The van der Waals surface area contributed by atoms with Crippen LogP contribution in [0.25, 0.3) is 65.4 Å². The Morgan fingerprint density at radius 3 is 1.55 bits per heavy atom. The lowest BCUT2D eigenvalue weighted by Gasteiger charge is -2.28. The first-order valence-corrected chi connectivity index (χ1v) is 23.9. The Morgan fingerprint density at radius 2 is 0.985 bits per heavy atom. The Balaban J connectivity index is 0.000000813. The fourth-order valence-corrected chi connectivity index (χ4v) is 9.99. The average molecular weight is 873 g/mol. The Hall–Kier alpha value is -7.36.